The molecule has 3 atom stereocenters. The van der Waals surface area contributed by atoms with Gasteiger partial charge in [-0.25, -0.2) is 15.0 Å². The maximum absolute atomic E-state index is 13.2. The molecule has 0 unspecified atom stereocenters. The standard InChI is InChI=1S/C28H31ClN6O3/c1-16(2)9-26-34-23-15-32-22(27-30-7-4-8-31-27)14-24(23)35(26)19-11-18(12-20(36)13-19)33-28(37)21-10-17(29)5-6-25(21)38-3/h4-8,10,14-16,18-20,36H,9,11-13H2,1-3H3,(H,33,37)/t18-,19+,20+/m1/s1. The monoisotopic (exact) mass is 534 g/mol. The summed E-state index contributed by atoms with van der Waals surface area (Å²) in [6, 6.07) is 8.36. The molecule has 0 spiro atoms. The van der Waals surface area contributed by atoms with Gasteiger partial charge in [0.2, 0.25) is 0 Å². The number of aliphatic hydroxyl groups is 1. The molecule has 0 radical (unpaired) electrons. The number of aromatic nitrogens is 5. The summed E-state index contributed by atoms with van der Waals surface area (Å²) in [5, 5.41) is 14.4. The Labute approximate surface area is 226 Å². The van der Waals surface area contributed by atoms with Crippen molar-refractivity contribution in [2.45, 2.75) is 57.7 Å². The molecular formula is C28H31ClN6O3. The summed E-state index contributed by atoms with van der Waals surface area (Å²) in [4.78, 5) is 31.4. The number of nitrogens with zero attached hydrogens (tertiary/aromatic N) is 5. The molecule has 3 aromatic heterocycles. The van der Waals surface area contributed by atoms with Crippen LogP contribution in [0.15, 0.2) is 48.9 Å². The van der Waals surface area contributed by atoms with Crippen LogP contribution in [-0.4, -0.2) is 54.8 Å². The maximum atomic E-state index is 13.2. The Morgan fingerprint density at radius 3 is 2.71 bits per heavy atom. The second kappa shape index (κ2) is 11.0. The lowest BCUT2D eigenvalue weighted by atomic mass is 9.88. The number of carbonyl (C=O) groups excluding carboxylic acids is 1. The summed E-state index contributed by atoms with van der Waals surface area (Å²) < 4.78 is 7.58. The average molecular weight is 535 g/mol. The van der Waals surface area contributed by atoms with Crippen LogP contribution in [0.25, 0.3) is 22.6 Å². The predicted octanol–water partition coefficient (Wildman–Crippen LogP) is 4.63. The van der Waals surface area contributed by atoms with E-state index >= 15 is 0 Å². The van der Waals surface area contributed by atoms with Crippen LogP contribution in [0.5, 0.6) is 5.75 Å². The Bertz CT molecular complexity index is 1440. The summed E-state index contributed by atoms with van der Waals surface area (Å²) in [7, 11) is 1.52. The zero-order chi connectivity index (χ0) is 26.8. The second-order valence-electron chi connectivity index (χ2n) is 10.2. The smallest absolute Gasteiger partial charge is 0.255 e. The topological polar surface area (TPSA) is 115 Å². The van der Waals surface area contributed by atoms with E-state index in [2.05, 4.69) is 38.7 Å². The third-order valence-corrected chi connectivity index (χ3v) is 7.03. The third-order valence-electron chi connectivity index (χ3n) is 6.80. The minimum absolute atomic E-state index is 0.0731. The van der Waals surface area contributed by atoms with Crippen molar-refractivity contribution < 1.29 is 14.6 Å². The van der Waals surface area contributed by atoms with Crippen molar-refractivity contribution in [3.63, 3.8) is 0 Å². The molecule has 10 heteroatoms. The lowest BCUT2D eigenvalue weighted by Crippen LogP contribution is -2.43. The molecule has 1 fully saturated rings. The van der Waals surface area contributed by atoms with Crippen molar-refractivity contribution in [2.75, 3.05) is 7.11 Å². The first-order valence-electron chi connectivity index (χ1n) is 12.8. The highest BCUT2D eigenvalue weighted by Crippen LogP contribution is 2.35. The van der Waals surface area contributed by atoms with Gasteiger partial charge in [-0.2, -0.15) is 0 Å². The van der Waals surface area contributed by atoms with Crippen molar-refractivity contribution in [3.05, 3.63) is 65.3 Å². The summed E-state index contributed by atoms with van der Waals surface area (Å²) in [6.07, 6.45) is 6.99. The Morgan fingerprint density at radius 2 is 1.97 bits per heavy atom. The number of aliphatic hydroxyl groups excluding tert-OH is 1. The van der Waals surface area contributed by atoms with E-state index in [1.165, 1.54) is 7.11 Å². The number of ether oxygens (including phenoxy) is 1. The number of rotatable bonds is 7. The Morgan fingerprint density at radius 1 is 1.18 bits per heavy atom. The number of imidazole rings is 1. The van der Waals surface area contributed by atoms with Crippen LogP contribution in [0.2, 0.25) is 5.02 Å². The minimum atomic E-state index is -0.580. The average Bonchev–Trinajstić information content (AvgIpc) is 3.25. The number of amides is 1. The molecule has 3 heterocycles. The predicted molar refractivity (Wildman–Crippen MR) is 145 cm³/mol. The van der Waals surface area contributed by atoms with E-state index in [0.717, 1.165) is 23.3 Å². The SMILES string of the molecule is COc1ccc(Cl)cc1C(=O)N[C@H]1C[C@H](O)C[C@@H](n2c(CC(C)C)nc3cnc(-c4ncccn4)cc32)C1. The number of methoxy groups -OCH3 is 1. The minimum Gasteiger partial charge on any atom is -0.496 e. The fourth-order valence-corrected chi connectivity index (χ4v) is 5.40. The Balaban J connectivity index is 1.49. The first-order valence-corrected chi connectivity index (χ1v) is 13.2. The summed E-state index contributed by atoms with van der Waals surface area (Å²) >= 11 is 6.15. The molecule has 2 N–H and O–H groups in total. The molecular weight excluding hydrogens is 504 g/mol. The van der Waals surface area contributed by atoms with Crippen LogP contribution in [-0.2, 0) is 6.42 Å². The molecule has 4 aromatic rings. The van der Waals surface area contributed by atoms with Gasteiger partial charge in [0, 0.05) is 35.9 Å². The van der Waals surface area contributed by atoms with E-state index in [4.69, 9.17) is 21.3 Å². The molecule has 9 nitrogen and oxygen atoms in total. The lowest BCUT2D eigenvalue weighted by Gasteiger charge is -2.35. The molecule has 1 aromatic carbocycles. The summed E-state index contributed by atoms with van der Waals surface area (Å²) in [5.74, 6) is 2.02. The zero-order valence-electron chi connectivity index (χ0n) is 21.6. The molecule has 1 saturated carbocycles. The number of pyridine rings is 1. The second-order valence-corrected chi connectivity index (χ2v) is 10.6. The van der Waals surface area contributed by atoms with E-state index in [0.29, 0.717) is 53.0 Å². The van der Waals surface area contributed by atoms with Crippen molar-refractivity contribution in [2.24, 2.45) is 5.92 Å². The number of carbonyl (C=O) groups is 1. The molecule has 38 heavy (non-hydrogen) atoms. The molecule has 0 aliphatic heterocycles. The van der Waals surface area contributed by atoms with Gasteiger partial charge in [0.05, 0.1) is 30.5 Å². The van der Waals surface area contributed by atoms with Gasteiger partial charge >= 0.3 is 0 Å². The molecule has 198 valence electrons. The molecule has 0 saturated heterocycles. The van der Waals surface area contributed by atoms with Gasteiger partial charge in [0.15, 0.2) is 5.82 Å². The Kier molecular flexibility index (Phi) is 7.58. The largest absolute Gasteiger partial charge is 0.496 e. The zero-order valence-corrected chi connectivity index (χ0v) is 22.4. The van der Waals surface area contributed by atoms with Gasteiger partial charge in [0.25, 0.3) is 5.91 Å². The first-order chi connectivity index (χ1) is 18.3. The van der Waals surface area contributed by atoms with Crippen LogP contribution in [0, 0.1) is 5.92 Å². The highest BCUT2D eigenvalue weighted by Gasteiger charge is 2.33. The number of fused-ring (bicyclic) bond motifs is 1. The summed E-state index contributed by atoms with van der Waals surface area (Å²) in [6.45, 7) is 4.31. The normalized spacial score (nSPS) is 19.6. The van der Waals surface area contributed by atoms with Crippen LogP contribution in [0.1, 0.15) is 55.3 Å². The van der Waals surface area contributed by atoms with Crippen molar-refractivity contribution in [1.82, 2.24) is 29.8 Å². The van der Waals surface area contributed by atoms with E-state index in [1.54, 1.807) is 42.9 Å². The molecule has 1 aliphatic rings. The fourth-order valence-electron chi connectivity index (χ4n) is 5.23. The van der Waals surface area contributed by atoms with Gasteiger partial charge < -0.3 is 19.7 Å². The molecule has 0 bridgehead atoms. The molecule has 1 amide bonds. The van der Waals surface area contributed by atoms with Crippen LogP contribution >= 0.6 is 11.6 Å². The number of nitrogens with one attached hydrogen (secondary N) is 1. The molecule has 5 rings (SSSR count). The number of benzene rings is 1. The van der Waals surface area contributed by atoms with Crippen LogP contribution in [0.3, 0.4) is 0 Å². The van der Waals surface area contributed by atoms with Crippen LogP contribution in [0.4, 0.5) is 0 Å². The van der Waals surface area contributed by atoms with Crippen molar-refractivity contribution in [3.8, 4) is 17.3 Å². The number of hydrogen-bond acceptors (Lipinski definition) is 7. The Hall–Kier alpha value is -3.56. The van der Waals surface area contributed by atoms with Gasteiger partial charge in [-0.3, -0.25) is 9.78 Å². The highest BCUT2D eigenvalue weighted by molar-refractivity contribution is 6.31. The first kappa shape index (κ1) is 26.1. The van der Waals surface area contributed by atoms with Gasteiger partial charge in [0.1, 0.15) is 22.8 Å². The molecule has 1 aliphatic carbocycles. The van der Waals surface area contributed by atoms with Gasteiger partial charge in [-0.05, 0) is 55.5 Å². The lowest BCUT2D eigenvalue weighted by molar-refractivity contribution is 0.0738. The van der Waals surface area contributed by atoms with Crippen LogP contribution < -0.4 is 10.1 Å². The number of hydrogen-bond donors (Lipinski definition) is 2. The van der Waals surface area contributed by atoms with E-state index in [1.807, 2.05) is 6.07 Å². The van der Waals surface area contributed by atoms with Gasteiger partial charge in [-0.15, -0.1) is 0 Å². The van der Waals surface area contributed by atoms with Crippen molar-refractivity contribution in [1.29, 1.82) is 0 Å². The highest BCUT2D eigenvalue weighted by atomic mass is 35.5. The summed E-state index contributed by atoms with van der Waals surface area (Å²) in [5.41, 5.74) is 2.72. The third kappa shape index (κ3) is 5.49. The maximum Gasteiger partial charge on any atom is 0.255 e. The van der Waals surface area contributed by atoms with E-state index < -0.39 is 6.10 Å². The van der Waals surface area contributed by atoms with E-state index in [9.17, 15) is 9.90 Å². The quantitative estimate of drug-likeness (QED) is 0.355. The van der Waals surface area contributed by atoms with Gasteiger partial charge in [-0.1, -0.05) is 25.4 Å². The van der Waals surface area contributed by atoms with E-state index in [-0.39, 0.29) is 18.0 Å². The number of halogens is 1. The van der Waals surface area contributed by atoms with Crippen molar-refractivity contribution >= 4 is 28.5 Å². The fraction of sp³-hybridized carbons (Fsp3) is 0.393.